The van der Waals surface area contributed by atoms with Gasteiger partial charge in [0.25, 0.3) is 0 Å². The van der Waals surface area contributed by atoms with E-state index in [9.17, 15) is 4.79 Å². The largest absolute Gasteiger partial charge is 0.300 e. The van der Waals surface area contributed by atoms with Gasteiger partial charge in [0.1, 0.15) is 11.3 Å². The van der Waals surface area contributed by atoms with Crippen LogP contribution in [0.3, 0.4) is 0 Å². The molecule has 0 aliphatic rings. The highest BCUT2D eigenvalue weighted by Crippen LogP contribution is 2.17. The summed E-state index contributed by atoms with van der Waals surface area (Å²) in [6.07, 6.45) is 4.90. The Morgan fingerprint density at radius 2 is 2.08 bits per heavy atom. The number of hydrogen-bond acceptors (Lipinski definition) is 7. The Kier molecular flexibility index (Phi) is 5.22. The van der Waals surface area contributed by atoms with E-state index < -0.39 is 0 Å². The van der Waals surface area contributed by atoms with Crippen LogP contribution in [0.1, 0.15) is 30.3 Å². The third kappa shape index (κ3) is 4.19. The number of carbonyl (C=O) groups is 1. The smallest absolute Gasteiger partial charge is 0.230 e. The average molecular weight is 343 g/mol. The van der Waals surface area contributed by atoms with Crippen molar-refractivity contribution in [3.05, 3.63) is 41.2 Å². The SMILES string of the molecule is CCCCc1nnc(NC(=O)Cc2ccc(-n3cnnn3)cc2)s1. The fraction of sp³-hybridized carbons (Fsp3) is 0.333. The third-order valence-electron chi connectivity index (χ3n) is 3.37. The lowest BCUT2D eigenvalue weighted by Gasteiger charge is -2.03. The molecule has 3 aromatic rings. The Morgan fingerprint density at radius 1 is 1.25 bits per heavy atom. The van der Waals surface area contributed by atoms with Crippen LogP contribution in [0.15, 0.2) is 30.6 Å². The van der Waals surface area contributed by atoms with Crippen LogP contribution in [-0.4, -0.2) is 36.3 Å². The van der Waals surface area contributed by atoms with Gasteiger partial charge in [-0.05, 0) is 34.5 Å². The molecule has 0 spiro atoms. The Labute approximate surface area is 142 Å². The van der Waals surface area contributed by atoms with Gasteiger partial charge in [0.05, 0.1) is 12.1 Å². The number of unbranched alkanes of at least 4 members (excludes halogenated alkanes) is 1. The van der Waals surface area contributed by atoms with Crippen LogP contribution in [-0.2, 0) is 17.6 Å². The molecule has 8 nitrogen and oxygen atoms in total. The number of aryl methyl sites for hydroxylation is 1. The Balaban J connectivity index is 1.55. The number of rotatable bonds is 7. The maximum Gasteiger partial charge on any atom is 0.230 e. The molecule has 124 valence electrons. The molecular formula is C15H17N7OS. The molecule has 1 amide bonds. The second-order valence-electron chi connectivity index (χ2n) is 5.25. The van der Waals surface area contributed by atoms with Gasteiger partial charge in [-0.25, -0.2) is 4.68 Å². The van der Waals surface area contributed by atoms with Crippen LogP contribution in [0.2, 0.25) is 0 Å². The van der Waals surface area contributed by atoms with Crippen molar-refractivity contribution in [1.29, 1.82) is 0 Å². The van der Waals surface area contributed by atoms with Crippen LogP contribution in [0.5, 0.6) is 0 Å². The monoisotopic (exact) mass is 343 g/mol. The zero-order chi connectivity index (χ0) is 16.8. The number of anilines is 1. The summed E-state index contributed by atoms with van der Waals surface area (Å²) in [4.78, 5) is 12.1. The third-order valence-corrected chi connectivity index (χ3v) is 4.27. The van der Waals surface area contributed by atoms with E-state index in [1.165, 1.54) is 17.7 Å². The van der Waals surface area contributed by atoms with E-state index in [2.05, 4.69) is 38.0 Å². The average Bonchev–Trinajstić information content (AvgIpc) is 3.25. The van der Waals surface area contributed by atoms with Gasteiger partial charge < -0.3 is 5.32 Å². The minimum atomic E-state index is -0.108. The van der Waals surface area contributed by atoms with Gasteiger partial charge >= 0.3 is 0 Å². The molecule has 0 atom stereocenters. The molecule has 0 saturated heterocycles. The van der Waals surface area contributed by atoms with Crippen molar-refractivity contribution in [2.24, 2.45) is 0 Å². The minimum absolute atomic E-state index is 0.108. The van der Waals surface area contributed by atoms with Crippen molar-refractivity contribution in [3.8, 4) is 5.69 Å². The van der Waals surface area contributed by atoms with E-state index in [-0.39, 0.29) is 12.3 Å². The van der Waals surface area contributed by atoms with Crippen molar-refractivity contribution in [2.75, 3.05) is 5.32 Å². The minimum Gasteiger partial charge on any atom is -0.300 e. The number of carbonyl (C=O) groups excluding carboxylic acids is 1. The first-order valence-electron chi connectivity index (χ1n) is 7.69. The van der Waals surface area contributed by atoms with Crippen LogP contribution < -0.4 is 5.32 Å². The van der Waals surface area contributed by atoms with Gasteiger partial charge in [0.2, 0.25) is 11.0 Å². The standard InChI is InChI=1S/C15H17N7OS/c1-2-3-4-14-18-19-15(24-14)17-13(23)9-11-5-7-12(8-6-11)22-10-16-20-21-22/h5-8,10H,2-4,9H2,1H3,(H,17,19,23). The molecular weight excluding hydrogens is 326 g/mol. The lowest BCUT2D eigenvalue weighted by molar-refractivity contribution is -0.115. The van der Waals surface area contributed by atoms with Gasteiger partial charge in [-0.2, -0.15) is 0 Å². The summed E-state index contributed by atoms with van der Waals surface area (Å²) >= 11 is 1.43. The van der Waals surface area contributed by atoms with E-state index >= 15 is 0 Å². The molecule has 24 heavy (non-hydrogen) atoms. The highest BCUT2D eigenvalue weighted by molar-refractivity contribution is 7.15. The van der Waals surface area contributed by atoms with Gasteiger partial charge in [-0.3, -0.25) is 4.79 Å². The summed E-state index contributed by atoms with van der Waals surface area (Å²) in [7, 11) is 0. The zero-order valence-corrected chi connectivity index (χ0v) is 14.0. The molecule has 1 N–H and O–H groups in total. The van der Waals surface area contributed by atoms with E-state index in [0.29, 0.717) is 5.13 Å². The van der Waals surface area contributed by atoms with Crippen molar-refractivity contribution in [1.82, 2.24) is 30.4 Å². The first kappa shape index (κ1) is 16.2. The van der Waals surface area contributed by atoms with E-state index in [1.807, 2.05) is 24.3 Å². The van der Waals surface area contributed by atoms with E-state index in [4.69, 9.17) is 0 Å². The molecule has 0 radical (unpaired) electrons. The quantitative estimate of drug-likeness (QED) is 0.705. The molecule has 9 heteroatoms. The maximum absolute atomic E-state index is 12.1. The molecule has 0 unspecified atom stereocenters. The predicted molar refractivity (Wildman–Crippen MR) is 90.0 cm³/mol. The number of tetrazole rings is 1. The lowest BCUT2D eigenvalue weighted by atomic mass is 10.1. The molecule has 0 saturated carbocycles. The van der Waals surface area contributed by atoms with Crippen molar-refractivity contribution in [3.63, 3.8) is 0 Å². The molecule has 0 aliphatic carbocycles. The van der Waals surface area contributed by atoms with Gasteiger partial charge in [-0.15, -0.1) is 15.3 Å². The van der Waals surface area contributed by atoms with Crippen LogP contribution in [0, 0.1) is 0 Å². The maximum atomic E-state index is 12.1. The van der Waals surface area contributed by atoms with Gasteiger partial charge in [0.15, 0.2) is 0 Å². The summed E-state index contributed by atoms with van der Waals surface area (Å²) in [5.41, 5.74) is 1.74. The number of benzene rings is 1. The first-order valence-corrected chi connectivity index (χ1v) is 8.51. The zero-order valence-electron chi connectivity index (χ0n) is 13.2. The Hall–Kier alpha value is -2.68. The molecule has 0 aliphatic heterocycles. The second kappa shape index (κ2) is 7.73. The fourth-order valence-corrected chi connectivity index (χ4v) is 2.93. The Morgan fingerprint density at radius 3 is 2.79 bits per heavy atom. The Bertz CT molecular complexity index is 783. The number of nitrogens with one attached hydrogen (secondary N) is 1. The number of amides is 1. The van der Waals surface area contributed by atoms with E-state index in [1.54, 1.807) is 4.68 Å². The van der Waals surface area contributed by atoms with Crippen LogP contribution >= 0.6 is 11.3 Å². The molecule has 2 heterocycles. The summed E-state index contributed by atoms with van der Waals surface area (Å²) in [5.74, 6) is -0.108. The first-order chi connectivity index (χ1) is 11.7. The van der Waals surface area contributed by atoms with Crippen LogP contribution in [0.4, 0.5) is 5.13 Å². The highest BCUT2D eigenvalue weighted by atomic mass is 32.1. The van der Waals surface area contributed by atoms with Gasteiger partial charge in [0, 0.05) is 6.42 Å². The second-order valence-corrected chi connectivity index (χ2v) is 6.31. The summed E-state index contributed by atoms with van der Waals surface area (Å²) < 4.78 is 1.56. The number of aromatic nitrogens is 6. The summed E-state index contributed by atoms with van der Waals surface area (Å²) in [6.45, 7) is 2.13. The molecule has 2 aromatic heterocycles. The van der Waals surface area contributed by atoms with Crippen molar-refractivity contribution < 1.29 is 4.79 Å². The topological polar surface area (TPSA) is 98.5 Å². The number of nitrogens with zero attached hydrogens (tertiary/aromatic N) is 6. The van der Waals surface area contributed by atoms with Crippen molar-refractivity contribution in [2.45, 2.75) is 32.6 Å². The molecule has 0 bridgehead atoms. The van der Waals surface area contributed by atoms with Crippen LogP contribution in [0.25, 0.3) is 5.69 Å². The van der Waals surface area contributed by atoms with Crippen molar-refractivity contribution >= 4 is 22.4 Å². The predicted octanol–water partition coefficient (Wildman–Crippen LogP) is 2.04. The van der Waals surface area contributed by atoms with Gasteiger partial charge in [-0.1, -0.05) is 36.8 Å². The molecule has 3 rings (SSSR count). The molecule has 1 aromatic carbocycles. The summed E-state index contributed by atoms with van der Waals surface area (Å²) in [6, 6.07) is 7.49. The lowest BCUT2D eigenvalue weighted by Crippen LogP contribution is -2.14. The van der Waals surface area contributed by atoms with E-state index in [0.717, 1.165) is 35.5 Å². The normalized spacial score (nSPS) is 10.7. The summed E-state index contributed by atoms with van der Waals surface area (Å²) in [5, 5.41) is 23.4. The molecule has 0 fully saturated rings. The fourth-order valence-electron chi connectivity index (χ4n) is 2.13. The highest BCUT2D eigenvalue weighted by Gasteiger charge is 2.09. The number of hydrogen-bond donors (Lipinski definition) is 1.